The number of hydrogen-bond donors (Lipinski definition) is 0. The van der Waals surface area contributed by atoms with Crippen LogP contribution >= 0.6 is 0 Å². The number of aromatic nitrogens is 5. The van der Waals surface area contributed by atoms with Crippen molar-refractivity contribution in [2.24, 2.45) is 5.16 Å². The number of fused-ring (bicyclic) bond motifs is 1. The number of hydrogen-bond acceptors (Lipinski definition) is 7. The number of aryl methyl sites for hydroxylation is 2. The Morgan fingerprint density at radius 2 is 2.10 bits per heavy atom. The van der Waals surface area contributed by atoms with E-state index >= 15 is 0 Å². The first-order chi connectivity index (χ1) is 14.8. The molecular weight excluding hydrogens is 413 g/mol. The van der Waals surface area contributed by atoms with Crippen LogP contribution < -0.4 is 0 Å². The molecule has 0 radical (unpaired) electrons. The monoisotopic (exact) mass is 430 g/mol. The Kier molecular flexibility index (Phi) is 5.40. The molecule has 0 saturated heterocycles. The molecule has 0 aliphatic heterocycles. The number of alkyl halides is 3. The molecule has 0 bridgehead atoms. The molecule has 31 heavy (non-hydrogen) atoms. The highest BCUT2D eigenvalue weighted by atomic mass is 19.4. The van der Waals surface area contributed by atoms with Gasteiger partial charge in [0.15, 0.2) is 5.58 Å². The minimum absolute atomic E-state index is 0.0173. The van der Waals surface area contributed by atoms with Crippen molar-refractivity contribution in [2.45, 2.75) is 26.4 Å². The van der Waals surface area contributed by atoms with Gasteiger partial charge >= 0.3 is 6.18 Å². The van der Waals surface area contributed by atoms with Crippen LogP contribution in [0.5, 0.6) is 0 Å². The van der Waals surface area contributed by atoms with Crippen LogP contribution in [0.15, 0.2) is 52.7 Å². The van der Waals surface area contributed by atoms with Crippen LogP contribution in [0.2, 0.25) is 0 Å². The molecule has 4 rings (SSSR count). The maximum atomic E-state index is 12.5. The second kappa shape index (κ2) is 8.17. The highest BCUT2D eigenvalue weighted by Gasteiger charge is 2.29. The van der Waals surface area contributed by atoms with Gasteiger partial charge in [-0.3, -0.25) is 4.98 Å². The largest absolute Gasteiger partial charge is 0.435 e. The topological polar surface area (TPSA) is 91.2 Å². The van der Waals surface area contributed by atoms with Gasteiger partial charge in [0, 0.05) is 11.8 Å². The SMILES string of the molecule is CCc1cc(/C(=N/OCC(F)(F)F)n2cncn2)cnc1-c1nc2cc(C)ccc2o1. The van der Waals surface area contributed by atoms with Crippen LogP contribution in [0.3, 0.4) is 0 Å². The summed E-state index contributed by atoms with van der Waals surface area (Å²) in [6.07, 6.45) is 0.0492. The number of pyridine rings is 1. The lowest BCUT2D eigenvalue weighted by Crippen LogP contribution is -2.19. The predicted octanol–water partition coefficient (Wildman–Crippen LogP) is 4.14. The second-order valence-corrected chi connectivity index (χ2v) is 6.72. The van der Waals surface area contributed by atoms with Gasteiger partial charge in [0.25, 0.3) is 0 Å². The van der Waals surface area contributed by atoms with Crippen molar-refractivity contribution in [3.63, 3.8) is 0 Å². The normalized spacial score (nSPS) is 12.5. The summed E-state index contributed by atoms with van der Waals surface area (Å²) in [5.74, 6) is 0.375. The fraction of sp³-hybridized carbons (Fsp3) is 0.250. The average Bonchev–Trinajstić information content (AvgIpc) is 3.39. The van der Waals surface area contributed by atoms with E-state index in [1.807, 2.05) is 32.0 Å². The van der Waals surface area contributed by atoms with E-state index in [-0.39, 0.29) is 5.84 Å². The first-order valence-electron chi connectivity index (χ1n) is 9.32. The van der Waals surface area contributed by atoms with Crippen molar-refractivity contribution < 1.29 is 22.4 Å². The Balaban J connectivity index is 1.73. The van der Waals surface area contributed by atoms with Gasteiger partial charge in [-0.2, -0.15) is 23.0 Å². The molecule has 0 aliphatic rings. The van der Waals surface area contributed by atoms with Gasteiger partial charge in [0.2, 0.25) is 18.3 Å². The van der Waals surface area contributed by atoms with Crippen LogP contribution in [0, 0.1) is 6.92 Å². The van der Waals surface area contributed by atoms with Crippen molar-refractivity contribution in [3.8, 4) is 11.6 Å². The molecule has 0 unspecified atom stereocenters. The third-order valence-electron chi connectivity index (χ3n) is 4.37. The Bertz CT molecular complexity index is 1230. The highest BCUT2D eigenvalue weighted by Crippen LogP contribution is 2.27. The molecule has 160 valence electrons. The van der Waals surface area contributed by atoms with Gasteiger partial charge in [-0.25, -0.2) is 9.97 Å². The molecule has 1 aromatic carbocycles. The molecule has 4 aromatic rings. The molecule has 0 saturated carbocycles. The van der Waals surface area contributed by atoms with Crippen LogP contribution in [0.25, 0.3) is 22.7 Å². The van der Waals surface area contributed by atoms with Crippen LogP contribution in [0.4, 0.5) is 13.2 Å². The third kappa shape index (κ3) is 4.55. The standard InChI is InChI=1S/C20H17F3N6O2/c1-3-13-7-14(18(29-11-24-10-26-29)28-30-9-20(21,22)23)8-25-17(13)19-27-15-6-12(2)4-5-16(15)31-19/h4-8,10-11H,3,9H2,1-2H3/b28-18-. The van der Waals surface area contributed by atoms with E-state index in [9.17, 15) is 13.2 Å². The molecule has 0 aliphatic carbocycles. The summed E-state index contributed by atoms with van der Waals surface area (Å²) < 4.78 is 44.4. The Morgan fingerprint density at radius 1 is 1.26 bits per heavy atom. The zero-order chi connectivity index (χ0) is 22.0. The minimum Gasteiger partial charge on any atom is -0.435 e. The molecule has 11 heteroatoms. The maximum absolute atomic E-state index is 12.5. The predicted molar refractivity (Wildman–Crippen MR) is 105 cm³/mol. The van der Waals surface area contributed by atoms with Gasteiger partial charge in [-0.15, -0.1) is 0 Å². The molecule has 0 spiro atoms. The van der Waals surface area contributed by atoms with Crippen molar-refractivity contribution in [1.29, 1.82) is 0 Å². The quantitative estimate of drug-likeness (QED) is 0.269. The lowest BCUT2D eigenvalue weighted by molar-refractivity contribution is -0.173. The molecule has 0 atom stereocenters. The third-order valence-corrected chi connectivity index (χ3v) is 4.37. The van der Waals surface area contributed by atoms with E-state index in [0.29, 0.717) is 34.7 Å². The zero-order valence-corrected chi connectivity index (χ0v) is 16.6. The average molecular weight is 430 g/mol. The minimum atomic E-state index is -4.51. The summed E-state index contributed by atoms with van der Waals surface area (Å²) in [6.45, 7) is 2.35. The smallest absolute Gasteiger partial charge is 0.425 e. The van der Waals surface area contributed by atoms with E-state index in [1.165, 1.54) is 23.5 Å². The summed E-state index contributed by atoms with van der Waals surface area (Å²) in [7, 11) is 0. The number of oxazole rings is 1. The molecule has 3 heterocycles. The lowest BCUT2D eigenvalue weighted by atomic mass is 10.1. The summed E-state index contributed by atoms with van der Waals surface area (Å²) >= 11 is 0. The van der Waals surface area contributed by atoms with E-state index in [1.54, 1.807) is 6.07 Å². The second-order valence-electron chi connectivity index (χ2n) is 6.72. The Labute approximate surface area is 174 Å². The van der Waals surface area contributed by atoms with Gasteiger partial charge in [0.1, 0.15) is 23.9 Å². The van der Waals surface area contributed by atoms with Crippen LogP contribution in [-0.2, 0) is 11.3 Å². The number of rotatable bonds is 5. The van der Waals surface area contributed by atoms with Gasteiger partial charge < -0.3 is 9.25 Å². The first-order valence-corrected chi connectivity index (χ1v) is 9.32. The number of nitrogens with zero attached hydrogens (tertiary/aromatic N) is 6. The van der Waals surface area contributed by atoms with Crippen molar-refractivity contribution in [1.82, 2.24) is 24.7 Å². The first kappa shape index (κ1) is 20.5. The Morgan fingerprint density at radius 3 is 2.81 bits per heavy atom. The van der Waals surface area contributed by atoms with Gasteiger partial charge in [-0.1, -0.05) is 18.1 Å². The van der Waals surface area contributed by atoms with Crippen molar-refractivity contribution in [2.75, 3.05) is 6.61 Å². The summed E-state index contributed by atoms with van der Waals surface area (Å²) in [5, 5.41) is 7.56. The fourth-order valence-corrected chi connectivity index (χ4v) is 2.94. The van der Waals surface area contributed by atoms with Crippen molar-refractivity contribution in [3.05, 3.63) is 59.8 Å². The van der Waals surface area contributed by atoms with Gasteiger partial charge in [0.05, 0.1) is 0 Å². The molecular formula is C20H17F3N6O2. The van der Waals surface area contributed by atoms with E-state index in [0.717, 1.165) is 11.1 Å². The lowest BCUT2D eigenvalue weighted by Gasteiger charge is -2.10. The van der Waals surface area contributed by atoms with Crippen molar-refractivity contribution >= 4 is 16.9 Å². The highest BCUT2D eigenvalue weighted by molar-refractivity contribution is 5.99. The van der Waals surface area contributed by atoms with E-state index in [2.05, 4.69) is 30.0 Å². The summed E-state index contributed by atoms with van der Waals surface area (Å²) in [4.78, 5) is 17.3. The number of halogens is 3. The van der Waals surface area contributed by atoms with E-state index < -0.39 is 12.8 Å². The molecule has 0 N–H and O–H groups in total. The molecule has 3 aromatic heterocycles. The zero-order valence-electron chi connectivity index (χ0n) is 16.6. The summed E-state index contributed by atoms with van der Waals surface area (Å²) in [5.41, 5.74) is 4.12. The van der Waals surface area contributed by atoms with Gasteiger partial charge in [-0.05, 0) is 42.7 Å². The molecule has 0 fully saturated rings. The van der Waals surface area contributed by atoms with Crippen LogP contribution in [-0.4, -0.2) is 43.4 Å². The molecule has 8 nitrogen and oxygen atoms in total. The maximum Gasteiger partial charge on any atom is 0.425 e. The van der Waals surface area contributed by atoms with Crippen LogP contribution in [0.1, 0.15) is 23.6 Å². The fourth-order valence-electron chi connectivity index (χ4n) is 2.94. The molecule has 0 amide bonds. The summed E-state index contributed by atoms with van der Waals surface area (Å²) in [6, 6.07) is 7.42. The van der Waals surface area contributed by atoms with E-state index in [4.69, 9.17) is 4.42 Å². The Hall–Kier alpha value is -3.76. The number of oxime groups is 1. The number of benzene rings is 1.